The molecule has 0 unspecified atom stereocenters. The average molecular weight is 457 g/mol. The average Bonchev–Trinajstić information content (AvgIpc) is 2.88. The first-order chi connectivity index (χ1) is 16.7. The van der Waals surface area contributed by atoms with E-state index in [-0.39, 0.29) is 11.9 Å². The van der Waals surface area contributed by atoms with E-state index in [1.807, 2.05) is 60.7 Å². The summed E-state index contributed by atoms with van der Waals surface area (Å²) in [5, 5.41) is 8.67. The Morgan fingerprint density at radius 3 is 2.44 bits per heavy atom. The number of urea groups is 1. The summed E-state index contributed by atoms with van der Waals surface area (Å²) in [5.74, 6) is 0.232. The molecule has 174 valence electrons. The number of benzene rings is 2. The largest absolute Gasteiger partial charge is 0.381 e. The van der Waals surface area contributed by atoms with Gasteiger partial charge in [0.05, 0.1) is 0 Å². The summed E-state index contributed by atoms with van der Waals surface area (Å²) >= 11 is 0. The normalized spacial score (nSPS) is 14.0. The van der Waals surface area contributed by atoms with Gasteiger partial charge in [-0.3, -0.25) is 9.78 Å². The molecule has 4 rings (SSSR count). The molecular weight excluding hydrogens is 428 g/mol. The van der Waals surface area contributed by atoms with Gasteiger partial charge in [0.15, 0.2) is 0 Å². The molecule has 0 aliphatic carbocycles. The van der Waals surface area contributed by atoms with Crippen LogP contribution in [0.25, 0.3) is 12.2 Å². The second-order valence-corrected chi connectivity index (χ2v) is 8.14. The number of pyridine rings is 1. The van der Waals surface area contributed by atoms with Crippen molar-refractivity contribution in [3.8, 4) is 0 Å². The van der Waals surface area contributed by atoms with Crippen LogP contribution in [0.5, 0.6) is 0 Å². The van der Waals surface area contributed by atoms with Crippen molar-refractivity contribution < 1.29 is 14.3 Å². The second kappa shape index (κ2) is 11.8. The quantitative estimate of drug-likeness (QED) is 0.434. The van der Waals surface area contributed by atoms with E-state index < -0.39 is 0 Å². The fourth-order valence-electron chi connectivity index (χ4n) is 3.65. The van der Waals surface area contributed by atoms with Crippen LogP contribution in [0, 0.1) is 5.92 Å². The van der Waals surface area contributed by atoms with E-state index in [4.69, 9.17) is 4.74 Å². The third-order valence-corrected chi connectivity index (χ3v) is 5.57. The molecule has 34 heavy (non-hydrogen) atoms. The number of nitrogens with one attached hydrogen (secondary N) is 3. The summed E-state index contributed by atoms with van der Waals surface area (Å²) in [6.07, 6.45) is 7.52. The minimum absolute atomic E-state index is 0.195. The van der Waals surface area contributed by atoms with Crippen LogP contribution in [-0.2, 0) is 4.74 Å². The molecule has 0 radical (unpaired) electrons. The molecule has 2 heterocycles. The lowest BCUT2D eigenvalue weighted by Crippen LogP contribution is -2.35. The van der Waals surface area contributed by atoms with Crippen molar-refractivity contribution in [3.05, 3.63) is 89.7 Å². The van der Waals surface area contributed by atoms with Crippen molar-refractivity contribution in [2.45, 2.75) is 12.8 Å². The number of hydrogen-bond donors (Lipinski definition) is 3. The zero-order valence-electron chi connectivity index (χ0n) is 18.9. The van der Waals surface area contributed by atoms with E-state index in [0.717, 1.165) is 42.9 Å². The zero-order chi connectivity index (χ0) is 23.6. The van der Waals surface area contributed by atoms with Gasteiger partial charge in [0.1, 0.15) is 5.69 Å². The van der Waals surface area contributed by atoms with Gasteiger partial charge in [-0.1, -0.05) is 42.5 Å². The molecule has 1 saturated heterocycles. The molecule has 1 aliphatic heterocycles. The summed E-state index contributed by atoms with van der Waals surface area (Å²) in [5.41, 5.74) is 3.75. The molecule has 7 nitrogen and oxygen atoms in total. The van der Waals surface area contributed by atoms with Crippen molar-refractivity contribution in [3.63, 3.8) is 0 Å². The van der Waals surface area contributed by atoms with Crippen molar-refractivity contribution in [2.75, 3.05) is 30.4 Å². The number of ether oxygens (including phenoxy) is 1. The Morgan fingerprint density at radius 1 is 0.882 bits per heavy atom. The van der Waals surface area contributed by atoms with Crippen LogP contribution in [0.2, 0.25) is 0 Å². The summed E-state index contributed by atoms with van der Waals surface area (Å²) in [6, 6.07) is 20.2. The van der Waals surface area contributed by atoms with Gasteiger partial charge in [-0.05, 0) is 66.3 Å². The van der Waals surface area contributed by atoms with E-state index in [9.17, 15) is 9.59 Å². The van der Waals surface area contributed by atoms with Crippen LogP contribution in [0.15, 0.2) is 72.9 Å². The molecule has 0 spiro atoms. The van der Waals surface area contributed by atoms with Gasteiger partial charge < -0.3 is 20.7 Å². The minimum atomic E-state index is -0.249. The second-order valence-electron chi connectivity index (χ2n) is 8.14. The first-order valence-electron chi connectivity index (χ1n) is 11.4. The zero-order valence-corrected chi connectivity index (χ0v) is 18.9. The van der Waals surface area contributed by atoms with Crippen LogP contribution >= 0.6 is 0 Å². The molecule has 7 heteroatoms. The Kier molecular flexibility index (Phi) is 8.03. The van der Waals surface area contributed by atoms with Crippen LogP contribution in [0.4, 0.5) is 16.2 Å². The summed E-state index contributed by atoms with van der Waals surface area (Å²) in [6.45, 7) is 2.21. The molecule has 3 N–H and O–H groups in total. The molecule has 0 saturated carbocycles. The first kappa shape index (κ1) is 23.2. The highest BCUT2D eigenvalue weighted by atomic mass is 16.5. The predicted molar refractivity (Wildman–Crippen MR) is 135 cm³/mol. The number of carbonyl (C=O) groups is 2. The summed E-state index contributed by atoms with van der Waals surface area (Å²) in [7, 11) is 0. The molecule has 1 fully saturated rings. The standard InChI is InChI=1S/C27H28N4O3/c32-26(25-6-1-2-15-28-25)30-24-5-3-4-21(18-24)8-7-20-9-11-23(12-10-20)31-27(33)29-19-22-13-16-34-17-14-22/h1-12,15,18,22H,13-14,16-17,19H2,(H,30,32)(H2,29,31,33)/b8-7+. The number of amides is 3. The van der Waals surface area contributed by atoms with E-state index in [1.54, 1.807) is 24.4 Å². The minimum Gasteiger partial charge on any atom is -0.381 e. The molecule has 1 aromatic heterocycles. The van der Waals surface area contributed by atoms with Crippen molar-refractivity contribution in [1.82, 2.24) is 10.3 Å². The number of rotatable bonds is 7. The third kappa shape index (κ3) is 7.02. The number of carbonyl (C=O) groups excluding carboxylic acids is 2. The molecular formula is C27H28N4O3. The Bertz CT molecular complexity index is 1120. The maximum Gasteiger partial charge on any atom is 0.319 e. The third-order valence-electron chi connectivity index (χ3n) is 5.57. The highest BCUT2D eigenvalue weighted by Gasteiger charge is 2.14. The Morgan fingerprint density at radius 2 is 1.68 bits per heavy atom. The van der Waals surface area contributed by atoms with Crippen LogP contribution in [-0.4, -0.2) is 36.7 Å². The highest BCUT2D eigenvalue weighted by Crippen LogP contribution is 2.17. The van der Waals surface area contributed by atoms with Crippen molar-refractivity contribution >= 4 is 35.5 Å². The van der Waals surface area contributed by atoms with Gasteiger partial charge >= 0.3 is 6.03 Å². The number of hydrogen-bond acceptors (Lipinski definition) is 4. The first-order valence-corrected chi connectivity index (χ1v) is 11.4. The topological polar surface area (TPSA) is 92.4 Å². The van der Waals surface area contributed by atoms with E-state index in [2.05, 4.69) is 20.9 Å². The van der Waals surface area contributed by atoms with Gasteiger partial charge in [-0.2, -0.15) is 0 Å². The van der Waals surface area contributed by atoms with Gasteiger partial charge in [0, 0.05) is 37.3 Å². The monoisotopic (exact) mass is 456 g/mol. The lowest BCUT2D eigenvalue weighted by atomic mass is 10.0. The van der Waals surface area contributed by atoms with Crippen LogP contribution < -0.4 is 16.0 Å². The molecule has 2 aromatic carbocycles. The predicted octanol–water partition coefficient (Wildman–Crippen LogP) is 5.05. The van der Waals surface area contributed by atoms with Crippen molar-refractivity contribution in [2.24, 2.45) is 5.92 Å². The lowest BCUT2D eigenvalue weighted by molar-refractivity contribution is 0.0671. The SMILES string of the molecule is O=C(NCC1CCOCC1)Nc1ccc(/C=C/c2cccc(NC(=O)c3ccccn3)c2)cc1. The number of anilines is 2. The van der Waals surface area contributed by atoms with Crippen molar-refractivity contribution in [1.29, 1.82) is 0 Å². The van der Waals surface area contributed by atoms with Gasteiger partial charge in [0.25, 0.3) is 5.91 Å². The maximum atomic E-state index is 12.3. The Labute approximate surface area is 199 Å². The molecule has 3 amide bonds. The summed E-state index contributed by atoms with van der Waals surface area (Å²) < 4.78 is 5.35. The smallest absolute Gasteiger partial charge is 0.319 e. The Hall–Kier alpha value is -3.97. The van der Waals surface area contributed by atoms with Gasteiger partial charge in [-0.25, -0.2) is 4.79 Å². The van der Waals surface area contributed by atoms with E-state index in [0.29, 0.717) is 23.8 Å². The molecule has 0 bridgehead atoms. The fourth-order valence-corrected chi connectivity index (χ4v) is 3.65. The highest BCUT2D eigenvalue weighted by molar-refractivity contribution is 6.03. The Balaban J connectivity index is 1.28. The number of nitrogens with zero attached hydrogens (tertiary/aromatic N) is 1. The van der Waals surface area contributed by atoms with Crippen LogP contribution in [0.3, 0.4) is 0 Å². The summed E-state index contributed by atoms with van der Waals surface area (Å²) in [4.78, 5) is 28.5. The van der Waals surface area contributed by atoms with Gasteiger partial charge in [0.2, 0.25) is 0 Å². The molecule has 1 aliphatic rings. The lowest BCUT2D eigenvalue weighted by Gasteiger charge is -2.22. The molecule has 0 atom stereocenters. The van der Waals surface area contributed by atoms with Gasteiger partial charge in [-0.15, -0.1) is 0 Å². The molecule has 3 aromatic rings. The van der Waals surface area contributed by atoms with E-state index in [1.165, 1.54) is 0 Å². The fraction of sp³-hybridized carbons (Fsp3) is 0.222. The van der Waals surface area contributed by atoms with E-state index >= 15 is 0 Å². The number of aromatic nitrogens is 1. The van der Waals surface area contributed by atoms with Crippen LogP contribution in [0.1, 0.15) is 34.5 Å². The maximum absolute atomic E-state index is 12.3.